The van der Waals surface area contributed by atoms with Crippen LogP contribution in [-0.2, 0) is 16.1 Å². The fourth-order valence-corrected chi connectivity index (χ4v) is 3.14. The second-order valence-corrected chi connectivity index (χ2v) is 5.93. The molecule has 1 aromatic rings. The number of hydrogen-bond donors (Lipinski definition) is 2. The van der Waals surface area contributed by atoms with E-state index in [1.54, 1.807) is 11.3 Å². The number of likely N-dealkylation sites (tertiary alicyclic amines) is 1. The molecule has 0 radical (unpaired) electrons. The quantitative estimate of drug-likeness (QED) is 0.796. The molecule has 1 saturated heterocycles. The lowest BCUT2D eigenvalue weighted by Crippen LogP contribution is -2.45. The molecule has 0 bridgehead atoms. The fourth-order valence-electron chi connectivity index (χ4n) is 2.49. The summed E-state index contributed by atoms with van der Waals surface area (Å²) in [6.07, 6.45) is 2.25. The van der Waals surface area contributed by atoms with Crippen LogP contribution in [0.1, 0.15) is 24.6 Å². The molecule has 0 saturated carbocycles. The number of rotatable bonds is 5. The van der Waals surface area contributed by atoms with Crippen molar-refractivity contribution in [3.63, 3.8) is 0 Å². The van der Waals surface area contributed by atoms with Gasteiger partial charge in [-0.2, -0.15) is 0 Å². The largest absolute Gasteiger partial charge is 0.346 e. The highest BCUT2D eigenvalue weighted by Gasteiger charge is 2.24. The van der Waals surface area contributed by atoms with E-state index in [2.05, 4.69) is 22.5 Å². The lowest BCUT2D eigenvalue weighted by Gasteiger charge is -2.22. The van der Waals surface area contributed by atoms with Gasteiger partial charge in [-0.15, -0.1) is 11.3 Å². The van der Waals surface area contributed by atoms with Crippen molar-refractivity contribution in [2.75, 3.05) is 19.6 Å². The van der Waals surface area contributed by atoms with Gasteiger partial charge in [0.15, 0.2) is 0 Å². The standard InChI is InChI=1S/C14H21N3O2S/c1-2-17-7-3-5-11(17)9-15-13(18)14(19)16-10-12-6-4-8-20-12/h4,6,8,11H,2-3,5,7,9-10H2,1H3,(H,15,18)(H,16,19)/t11-/m0/s1. The van der Waals surface area contributed by atoms with E-state index in [9.17, 15) is 9.59 Å². The predicted octanol–water partition coefficient (Wildman–Crippen LogP) is 0.965. The summed E-state index contributed by atoms with van der Waals surface area (Å²) in [6.45, 7) is 5.16. The van der Waals surface area contributed by atoms with Gasteiger partial charge >= 0.3 is 11.8 Å². The Balaban J connectivity index is 1.70. The molecule has 20 heavy (non-hydrogen) atoms. The van der Waals surface area contributed by atoms with Crippen LogP contribution >= 0.6 is 11.3 Å². The Kier molecular flexibility index (Phi) is 5.55. The highest BCUT2D eigenvalue weighted by Crippen LogP contribution is 2.15. The van der Waals surface area contributed by atoms with Gasteiger partial charge in [0.1, 0.15) is 0 Å². The molecule has 2 rings (SSSR count). The average molecular weight is 295 g/mol. The summed E-state index contributed by atoms with van der Waals surface area (Å²) in [6, 6.07) is 4.22. The number of amides is 2. The maximum Gasteiger partial charge on any atom is 0.309 e. The van der Waals surface area contributed by atoms with Crippen LogP contribution in [0.5, 0.6) is 0 Å². The van der Waals surface area contributed by atoms with Crippen LogP contribution in [-0.4, -0.2) is 42.4 Å². The van der Waals surface area contributed by atoms with Crippen molar-refractivity contribution in [1.29, 1.82) is 0 Å². The van der Waals surface area contributed by atoms with Crippen LogP contribution in [0.2, 0.25) is 0 Å². The van der Waals surface area contributed by atoms with E-state index in [-0.39, 0.29) is 0 Å². The van der Waals surface area contributed by atoms with Crippen LogP contribution in [0.3, 0.4) is 0 Å². The molecule has 0 aromatic carbocycles. The van der Waals surface area contributed by atoms with Gasteiger partial charge in [-0.3, -0.25) is 14.5 Å². The van der Waals surface area contributed by atoms with Gasteiger partial charge in [0.2, 0.25) is 0 Å². The van der Waals surface area contributed by atoms with Crippen molar-refractivity contribution in [3.8, 4) is 0 Å². The number of carbonyl (C=O) groups is 2. The van der Waals surface area contributed by atoms with Crippen LogP contribution in [0.4, 0.5) is 0 Å². The Bertz CT molecular complexity index is 447. The van der Waals surface area contributed by atoms with Crippen LogP contribution in [0, 0.1) is 0 Å². The highest BCUT2D eigenvalue weighted by molar-refractivity contribution is 7.09. The van der Waals surface area contributed by atoms with Crippen molar-refractivity contribution in [2.24, 2.45) is 0 Å². The molecule has 1 aromatic heterocycles. The second-order valence-electron chi connectivity index (χ2n) is 4.90. The monoisotopic (exact) mass is 295 g/mol. The smallest absolute Gasteiger partial charge is 0.309 e. The summed E-state index contributed by atoms with van der Waals surface area (Å²) in [5, 5.41) is 7.31. The SMILES string of the molecule is CCN1CCC[C@H]1CNC(=O)C(=O)NCc1cccs1. The van der Waals surface area contributed by atoms with Crippen molar-refractivity contribution in [3.05, 3.63) is 22.4 Å². The number of nitrogens with zero attached hydrogens (tertiary/aromatic N) is 1. The summed E-state index contributed by atoms with van der Waals surface area (Å²) >= 11 is 1.56. The first-order valence-corrected chi connectivity index (χ1v) is 7.91. The highest BCUT2D eigenvalue weighted by atomic mass is 32.1. The zero-order chi connectivity index (χ0) is 14.4. The molecule has 1 atom stereocenters. The van der Waals surface area contributed by atoms with Gasteiger partial charge < -0.3 is 10.6 Å². The summed E-state index contributed by atoms with van der Waals surface area (Å²) in [5.41, 5.74) is 0. The number of thiophene rings is 1. The third-order valence-electron chi connectivity index (χ3n) is 3.61. The third-order valence-corrected chi connectivity index (χ3v) is 4.49. The van der Waals surface area contributed by atoms with Gasteiger partial charge in [-0.05, 0) is 37.4 Å². The average Bonchev–Trinajstić information content (AvgIpc) is 3.12. The van der Waals surface area contributed by atoms with Crippen LogP contribution in [0.15, 0.2) is 17.5 Å². The Labute approximate surface area is 123 Å². The first-order valence-electron chi connectivity index (χ1n) is 7.03. The summed E-state index contributed by atoms with van der Waals surface area (Å²) in [7, 11) is 0. The minimum absolute atomic E-state index is 0.369. The van der Waals surface area contributed by atoms with Gasteiger partial charge in [0.05, 0.1) is 6.54 Å². The Morgan fingerprint density at radius 3 is 2.90 bits per heavy atom. The van der Waals surface area contributed by atoms with E-state index in [4.69, 9.17) is 0 Å². The summed E-state index contributed by atoms with van der Waals surface area (Å²) in [5.74, 6) is -1.09. The first kappa shape index (κ1) is 15.0. The molecule has 2 N–H and O–H groups in total. The molecule has 6 heteroatoms. The van der Waals surface area contributed by atoms with Crippen LogP contribution in [0.25, 0.3) is 0 Å². The van der Waals surface area contributed by atoms with Gasteiger partial charge in [-0.25, -0.2) is 0 Å². The molecule has 2 amide bonds. The van der Waals surface area contributed by atoms with E-state index >= 15 is 0 Å². The molecular weight excluding hydrogens is 274 g/mol. The normalized spacial score (nSPS) is 18.9. The minimum atomic E-state index is -0.556. The molecule has 2 heterocycles. The fraction of sp³-hybridized carbons (Fsp3) is 0.571. The number of carbonyl (C=O) groups excluding carboxylic acids is 2. The molecular formula is C14H21N3O2S. The molecule has 0 spiro atoms. The van der Waals surface area contributed by atoms with E-state index in [0.717, 1.165) is 24.4 Å². The van der Waals surface area contributed by atoms with Crippen molar-refractivity contribution < 1.29 is 9.59 Å². The molecule has 1 aliphatic heterocycles. The topological polar surface area (TPSA) is 61.4 Å². The first-order chi connectivity index (χ1) is 9.70. The van der Waals surface area contributed by atoms with E-state index in [1.165, 1.54) is 6.42 Å². The predicted molar refractivity (Wildman–Crippen MR) is 79.4 cm³/mol. The van der Waals surface area contributed by atoms with Gasteiger partial charge in [-0.1, -0.05) is 13.0 Å². The molecule has 1 aliphatic rings. The maximum absolute atomic E-state index is 11.7. The van der Waals surface area contributed by atoms with E-state index < -0.39 is 11.8 Å². The summed E-state index contributed by atoms with van der Waals surface area (Å²) < 4.78 is 0. The summed E-state index contributed by atoms with van der Waals surface area (Å²) in [4.78, 5) is 26.8. The molecule has 1 fully saturated rings. The Morgan fingerprint density at radius 2 is 2.20 bits per heavy atom. The maximum atomic E-state index is 11.7. The van der Waals surface area contributed by atoms with E-state index in [1.807, 2.05) is 17.5 Å². The number of likely N-dealkylation sites (N-methyl/N-ethyl adjacent to an activating group) is 1. The van der Waals surface area contributed by atoms with Crippen molar-refractivity contribution in [1.82, 2.24) is 15.5 Å². The molecule has 0 aliphatic carbocycles. The molecule has 5 nitrogen and oxygen atoms in total. The van der Waals surface area contributed by atoms with E-state index in [0.29, 0.717) is 19.1 Å². The Morgan fingerprint density at radius 1 is 1.40 bits per heavy atom. The van der Waals surface area contributed by atoms with Crippen molar-refractivity contribution >= 4 is 23.2 Å². The zero-order valence-electron chi connectivity index (χ0n) is 11.7. The third kappa shape index (κ3) is 4.05. The molecule has 0 unspecified atom stereocenters. The molecule has 110 valence electrons. The lowest BCUT2D eigenvalue weighted by atomic mass is 10.2. The Hall–Kier alpha value is -1.40. The minimum Gasteiger partial charge on any atom is -0.346 e. The van der Waals surface area contributed by atoms with Crippen LogP contribution < -0.4 is 10.6 Å². The lowest BCUT2D eigenvalue weighted by molar-refractivity contribution is -0.139. The zero-order valence-corrected chi connectivity index (χ0v) is 12.5. The van der Waals surface area contributed by atoms with Crippen molar-refractivity contribution in [2.45, 2.75) is 32.4 Å². The number of hydrogen-bond acceptors (Lipinski definition) is 4. The van der Waals surface area contributed by atoms with Gasteiger partial charge in [0, 0.05) is 17.5 Å². The van der Waals surface area contributed by atoms with Gasteiger partial charge in [0.25, 0.3) is 0 Å². The second kappa shape index (κ2) is 7.40. The number of nitrogens with one attached hydrogen (secondary N) is 2.